The first-order chi connectivity index (χ1) is 12.5. The van der Waals surface area contributed by atoms with Crippen molar-refractivity contribution in [3.8, 4) is 17.2 Å². The van der Waals surface area contributed by atoms with E-state index in [0.717, 1.165) is 0 Å². The van der Waals surface area contributed by atoms with Gasteiger partial charge >= 0.3 is 0 Å². The number of ether oxygens (including phenoxy) is 2. The minimum Gasteiger partial charge on any atom is -0.504 e. The summed E-state index contributed by atoms with van der Waals surface area (Å²) in [6, 6.07) is 10.0. The van der Waals surface area contributed by atoms with Crippen LogP contribution in [0.4, 0.5) is 5.69 Å². The van der Waals surface area contributed by atoms with Gasteiger partial charge in [-0.05, 0) is 42.8 Å². The Balaban J connectivity index is 1.83. The molecule has 2 N–H and O–H groups in total. The van der Waals surface area contributed by atoms with E-state index in [2.05, 4.69) is 10.5 Å². The highest BCUT2D eigenvalue weighted by Crippen LogP contribution is 2.26. The van der Waals surface area contributed by atoms with Crippen LogP contribution in [0.25, 0.3) is 0 Å². The quantitative estimate of drug-likeness (QED) is 0.423. The molecule has 9 nitrogen and oxygen atoms in total. The molecule has 0 saturated heterocycles. The maximum atomic E-state index is 11.7. The number of hydrogen-bond acceptors (Lipinski definition) is 7. The summed E-state index contributed by atoms with van der Waals surface area (Å²) in [5, 5.41) is 24.0. The van der Waals surface area contributed by atoms with Crippen molar-refractivity contribution < 1.29 is 24.3 Å². The van der Waals surface area contributed by atoms with Crippen LogP contribution in [-0.2, 0) is 4.79 Å². The van der Waals surface area contributed by atoms with Crippen molar-refractivity contribution in [2.24, 2.45) is 5.10 Å². The Kier molecular flexibility index (Phi) is 6.49. The molecule has 9 heteroatoms. The molecule has 2 rings (SSSR count). The number of nitro groups is 1. The molecule has 2 aromatic carbocycles. The second-order valence-electron chi connectivity index (χ2n) is 4.99. The maximum absolute atomic E-state index is 11.7. The lowest BCUT2D eigenvalue weighted by Crippen LogP contribution is -2.24. The minimum atomic E-state index is -0.522. The molecule has 0 aliphatic heterocycles. The first-order valence-electron chi connectivity index (χ1n) is 7.64. The molecule has 0 radical (unpaired) electrons. The first kappa shape index (κ1) is 18.7. The third-order valence-electron chi connectivity index (χ3n) is 3.10. The largest absolute Gasteiger partial charge is 0.504 e. The van der Waals surface area contributed by atoms with E-state index in [0.29, 0.717) is 23.7 Å². The van der Waals surface area contributed by atoms with Gasteiger partial charge in [0.05, 0.1) is 17.7 Å². The van der Waals surface area contributed by atoms with Gasteiger partial charge in [-0.25, -0.2) is 5.43 Å². The average molecular weight is 359 g/mol. The third kappa shape index (κ3) is 5.48. The summed E-state index contributed by atoms with van der Waals surface area (Å²) < 4.78 is 10.5. The van der Waals surface area contributed by atoms with Crippen LogP contribution in [0.3, 0.4) is 0 Å². The fourth-order valence-electron chi connectivity index (χ4n) is 1.91. The summed E-state index contributed by atoms with van der Waals surface area (Å²) in [6.45, 7) is 1.91. The second-order valence-corrected chi connectivity index (χ2v) is 4.99. The molecule has 0 aliphatic rings. The van der Waals surface area contributed by atoms with E-state index >= 15 is 0 Å². The molecule has 0 unspecified atom stereocenters. The molecule has 0 saturated carbocycles. The molecule has 1 amide bonds. The first-order valence-corrected chi connectivity index (χ1v) is 7.64. The van der Waals surface area contributed by atoms with Crippen LogP contribution in [0.5, 0.6) is 17.2 Å². The number of benzene rings is 2. The number of rotatable bonds is 8. The zero-order valence-electron chi connectivity index (χ0n) is 13.9. The Morgan fingerprint density at radius 2 is 2.00 bits per heavy atom. The molecule has 0 bridgehead atoms. The van der Waals surface area contributed by atoms with E-state index in [1.165, 1.54) is 36.5 Å². The van der Waals surface area contributed by atoms with Crippen LogP contribution in [0, 0.1) is 10.1 Å². The molecule has 26 heavy (non-hydrogen) atoms. The molecular formula is C17H17N3O6. The van der Waals surface area contributed by atoms with Crippen molar-refractivity contribution in [3.05, 3.63) is 58.1 Å². The van der Waals surface area contributed by atoms with Gasteiger partial charge in [-0.1, -0.05) is 0 Å². The summed E-state index contributed by atoms with van der Waals surface area (Å²) in [4.78, 5) is 21.7. The number of nitro benzene ring substituents is 1. The van der Waals surface area contributed by atoms with Crippen molar-refractivity contribution >= 4 is 17.8 Å². The number of aromatic hydroxyl groups is 1. The van der Waals surface area contributed by atoms with Gasteiger partial charge in [0.2, 0.25) is 0 Å². The van der Waals surface area contributed by atoms with Crippen molar-refractivity contribution in [2.75, 3.05) is 13.2 Å². The van der Waals surface area contributed by atoms with Crippen LogP contribution >= 0.6 is 0 Å². The number of amides is 1. The molecular weight excluding hydrogens is 342 g/mol. The molecule has 0 spiro atoms. The van der Waals surface area contributed by atoms with Gasteiger partial charge in [-0.15, -0.1) is 0 Å². The number of non-ortho nitro benzene ring substituents is 1. The Bertz CT molecular complexity index is 805. The monoisotopic (exact) mass is 359 g/mol. The van der Waals surface area contributed by atoms with Crippen molar-refractivity contribution in [3.63, 3.8) is 0 Å². The number of nitrogens with one attached hydrogen (secondary N) is 1. The number of hydrazone groups is 1. The summed E-state index contributed by atoms with van der Waals surface area (Å²) in [7, 11) is 0. The Morgan fingerprint density at radius 1 is 1.27 bits per heavy atom. The van der Waals surface area contributed by atoms with Crippen LogP contribution in [0.1, 0.15) is 12.5 Å². The standard InChI is InChI=1S/C17H17N3O6/c1-2-25-16-9-12(3-8-15(16)21)10-18-19-17(22)11-26-14-6-4-13(5-7-14)20(23)24/h3-10,21H,2,11H2,1H3,(H,19,22)/b18-10-. The van der Waals surface area contributed by atoms with Crippen LogP contribution in [-0.4, -0.2) is 35.4 Å². The van der Waals surface area contributed by atoms with Crippen molar-refractivity contribution in [1.82, 2.24) is 5.43 Å². The van der Waals surface area contributed by atoms with E-state index in [1.807, 2.05) is 0 Å². The van der Waals surface area contributed by atoms with Gasteiger partial charge in [-0.2, -0.15) is 5.10 Å². The van der Waals surface area contributed by atoms with E-state index in [1.54, 1.807) is 19.1 Å². The zero-order chi connectivity index (χ0) is 18.9. The lowest BCUT2D eigenvalue weighted by Gasteiger charge is -2.06. The predicted octanol–water partition coefficient (Wildman–Crippen LogP) is 2.23. The number of nitrogens with zero attached hydrogens (tertiary/aromatic N) is 2. The molecule has 0 aromatic heterocycles. The molecule has 0 aliphatic carbocycles. The van der Waals surface area contributed by atoms with Crippen LogP contribution < -0.4 is 14.9 Å². The van der Waals surface area contributed by atoms with Gasteiger partial charge < -0.3 is 14.6 Å². The van der Waals surface area contributed by atoms with Crippen molar-refractivity contribution in [1.29, 1.82) is 0 Å². The van der Waals surface area contributed by atoms with Gasteiger partial charge in [-0.3, -0.25) is 14.9 Å². The highest BCUT2D eigenvalue weighted by molar-refractivity contribution is 5.83. The Hall–Kier alpha value is -3.62. The number of carbonyl (C=O) groups is 1. The normalized spacial score (nSPS) is 10.5. The average Bonchev–Trinajstić information content (AvgIpc) is 2.63. The smallest absolute Gasteiger partial charge is 0.277 e. The van der Waals surface area contributed by atoms with Crippen molar-refractivity contribution in [2.45, 2.75) is 6.92 Å². The number of phenols is 1. The van der Waals surface area contributed by atoms with E-state index in [9.17, 15) is 20.0 Å². The summed E-state index contributed by atoms with van der Waals surface area (Å²) in [5.41, 5.74) is 2.86. The number of carbonyl (C=O) groups excluding carboxylic acids is 1. The number of hydrogen-bond donors (Lipinski definition) is 2. The van der Waals surface area contributed by atoms with E-state index in [4.69, 9.17) is 9.47 Å². The summed E-state index contributed by atoms with van der Waals surface area (Å²) >= 11 is 0. The Labute approximate surface area is 149 Å². The summed E-state index contributed by atoms with van der Waals surface area (Å²) in [5.74, 6) is 0.173. The highest BCUT2D eigenvalue weighted by Gasteiger charge is 2.06. The SMILES string of the molecule is CCOc1cc(/C=N\NC(=O)COc2ccc([N+](=O)[O-])cc2)ccc1O. The van der Waals surface area contributed by atoms with Gasteiger partial charge in [0.25, 0.3) is 11.6 Å². The maximum Gasteiger partial charge on any atom is 0.277 e. The Morgan fingerprint density at radius 3 is 2.65 bits per heavy atom. The van der Waals surface area contributed by atoms with Crippen LogP contribution in [0.2, 0.25) is 0 Å². The molecule has 136 valence electrons. The van der Waals surface area contributed by atoms with Gasteiger partial charge in [0.1, 0.15) is 5.75 Å². The van der Waals surface area contributed by atoms with Crippen LogP contribution in [0.15, 0.2) is 47.6 Å². The number of phenolic OH excluding ortho intramolecular Hbond substituents is 1. The third-order valence-corrected chi connectivity index (χ3v) is 3.10. The minimum absolute atomic E-state index is 0.0181. The van der Waals surface area contributed by atoms with E-state index in [-0.39, 0.29) is 18.0 Å². The highest BCUT2D eigenvalue weighted by atomic mass is 16.6. The van der Waals surface area contributed by atoms with Gasteiger partial charge in [0, 0.05) is 12.1 Å². The van der Waals surface area contributed by atoms with Gasteiger partial charge in [0.15, 0.2) is 18.1 Å². The van der Waals surface area contributed by atoms with E-state index < -0.39 is 10.8 Å². The second kappa shape index (κ2) is 9.02. The molecule has 2 aromatic rings. The summed E-state index contributed by atoms with van der Waals surface area (Å²) in [6.07, 6.45) is 1.39. The fraction of sp³-hybridized carbons (Fsp3) is 0.176. The lowest BCUT2D eigenvalue weighted by molar-refractivity contribution is -0.384. The topological polar surface area (TPSA) is 123 Å². The predicted molar refractivity (Wildman–Crippen MR) is 93.6 cm³/mol. The molecule has 0 heterocycles. The zero-order valence-corrected chi connectivity index (χ0v) is 13.9. The fourth-order valence-corrected chi connectivity index (χ4v) is 1.91. The molecule has 0 atom stereocenters. The molecule has 0 fully saturated rings. The lowest BCUT2D eigenvalue weighted by atomic mass is 10.2.